The maximum Gasteiger partial charge on any atom is 0.420 e. The molecule has 4 aromatic rings. The number of nitrogen functional groups attached to an aromatic ring is 1. The Morgan fingerprint density at radius 1 is 1.05 bits per heavy atom. The number of piperidine rings is 1. The molecule has 1 saturated carbocycles. The minimum absolute atomic E-state index is 0.0515. The lowest BCUT2D eigenvalue weighted by atomic mass is 9.98. The highest BCUT2D eigenvalue weighted by atomic mass is 19.4. The fraction of sp³-hybridized carbons (Fsp3) is 0.323. The van der Waals surface area contributed by atoms with E-state index >= 15 is 0 Å². The van der Waals surface area contributed by atoms with E-state index in [1.165, 1.54) is 59.7 Å². The van der Waals surface area contributed by atoms with Gasteiger partial charge in [0.2, 0.25) is 6.41 Å². The highest BCUT2D eigenvalue weighted by Crippen LogP contribution is 2.40. The number of hydrogen-bond acceptors (Lipinski definition) is 5. The fourth-order valence-electron chi connectivity index (χ4n) is 4.91. The molecule has 2 aromatic heterocycles. The Bertz CT molecular complexity index is 1590. The minimum atomic E-state index is -4.67. The maximum absolute atomic E-state index is 13.7. The van der Waals surface area contributed by atoms with Crippen LogP contribution in [0.15, 0.2) is 65.2 Å². The summed E-state index contributed by atoms with van der Waals surface area (Å²) in [6.07, 6.45) is -0.516. The molecule has 2 aromatic carbocycles. The summed E-state index contributed by atoms with van der Waals surface area (Å²) in [6.45, 7) is -0.161. The van der Waals surface area contributed by atoms with Gasteiger partial charge in [0, 0.05) is 43.1 Å². The van der Waals surface area contributed by atoms with Crippen molar-refractivity contribution in [2.45, 2.75) is 50.2 Å². The molecule has 0 unspecified atom stereocenters. The van der Waals surface area contributed by atoms with Crippen LogP contribution in [0.3, 0.4) is 0 Å². The van der Waals surface area contributed by atoms with Crippen LogP contribution in [-0.2, 0) is 17.5 Å². The van der Waals surface area contributed by atoms with Crippen LogP contribution in [0, 0.1) is 0 Å². The van der Waals surface area contributed by atoms with Crippen LogP contribution in [-0.4, -0.2) is 41.2 Å². The van der Waals surface area contributed by atoms with E-state index in [1.54, 1.807) is 0 Å². The third-order valence-electron chi connectivity index (χ3n) is 7.44. The lowest BCUT2D eigenvalue weighted by Gasteiger charge is -2.31. The number of nitrogens with one attached hydrogen (secondary N) is 1. The van der Waals surface area contributed by atoms with Crippen molar-refractivity contribution in [1.29, 1.82) is 0 Å². The van der Waals surface area contributed by atoms with Gasteiger partial charge in [-0.1, -0.05) is 18.2 Å². The predicted molar refractivity (Wildman–Crippen MR) is 150 cm³/mol. The number of alkyl halides is 5. The summed E-state index contributed by atoms with van der Waals surface area (Å²) in [5, 5.41) is 2.56. The molecule has 7 nitrogen and oxygen atoms in total. The number of amides is 2. The van der Waals surface area contributed by atoms with Gasteiger partial charge in [-0.25, -0.2) is 13.8 Å². The van der Waals surface area contributed by atoms with Gasteiger partial charge in [-0.2, -0.15) is 13.2 Å². The summed E-state index contributed by atoms with van der Waals surface area (Å²) >= 11 is 0. The predicted octanol–water partition coefficient (Wildman–Crippen LogP) is 6.78. The van der Waals surface area contributed by atoms with Gasteiger partial charge in [-0.15, -0.1) is 0 Å². The normalized spacial score (nSPS) is 16.3. The number of anilines is 1. The van der Waals surface area contributed by atoms with Crippen molar-refractivity contribution in [1.82, 2.24) is 15.2 Å². The number of nitrogens with two attached hydrogens (primary N) is 1. The van der Waals surface area contributed by atoms with Crippen LogP contribution < -0.4 is 11.1 Å². The molecule has 2 aliphatic rings. The number of nitrogens with zero attached hydrogens (tertiary/aromatic N) is 2. The molecule has 0 radical (unpaired) electrons. The third kappa shape index (κ3) is 7.30. The summed E-state index contributed by atoms with van der Waals surface area (Å²) in [6, 6.07) is 13.8. The second-order valence-corrected chi connectivity index (χ2v) is 10.7. The topological polar surface area (TPSA) is 101 Å². The second-order valence-electron chi connectivity index (χ2n) is 10.7. The lowest BCUT2D eigenvalue weighted by Crippen LogP contribution is -2.42. The molecular formula is C31H29F5N4O3. The number of hydrogen-bond donors (Lipinski definition) is 2. The molecule has 43 heavy (non-hydrogen) atoms. The van der Waals surface area contributed by atoms with Crippen LogP contribution in [0.25, 0.3) is 22.1 Å². The summed E-state index contributed by atoms with van der Waals surface area (Å²) in [4.78, 5) is 28.4. The molecule has 0 bridgehead atoms. The van der Waals surface area contributed by atoms with Gasteiger partial charge in [0.1, 0.15) is 17.2 Å². The summed E-state index contributed by atoms with van der Waals surface area (Å²) in [7, 11) is 0. The van der Waals surface area contributed by atoms with Crippen molar-refractivity contribution in [3.8, 4) is 11.1 Å². The molecule has 6 rings (SSSR count). The van der Waals surface area contributed by atoms with Crippen LogP contribution in [0.1, 0.15) is 58.8 Å². The first kappa shape index (κ1) is 30.0. The van der Waals surface area contributed by atoms with Crippen molar-refractivity contribution in [3.05, 3.63) is 83.2 Å². The summed E-state index contributed by atoms with van der Waals surface area (Å²) in [5.41, 5.74) is 6.47. The van der Waals surface area contributed by atoms with Gasteiger partial charge < -0.3 is 20.4 Å². The Balaban J connectivity index is 0.000000308. The lowest BCUT2D eigenvalue weighted by molar-refractivity contribution is -0.136. The van der Waals surface area contributed by atoms with Gasteiger partial charge in [0.05, 0.1) is 12.1 Å². The Hall–Kier alpha value is -4.48. The number of carbonyl (C=O) groups is 2. The molecule has 2 amide bonds. The first-order valence-corrected chi connectivity index (χ1v) is 13.7. The van der Waals surface area contributed by atoms with E-state index < -0.39 is 36.4 Å². The zero-order valence-electron chi connectivity index (χ0n) is 23.0. The van der Waals surface area contributed by atoms with Crippen LogP contribution >= 0.6 is 0 Å². The number of aromatic nitrogens is 1. The number of fused-ring (bicyclic) bond motifs is 1. The number of benzene rings is 2. The van der Waals surface area contributed by atoms with Gasteiger partial charge >= 0.3 is 6.18 Å². The number of carbonyl (C=O) groups excluding carboxylic acids is 2. The van der Waals surface area contributed by atoms with E-state index in [4.69, 9.17) is 10.2 Å². The Labute approximate surface area is 243 Å². The van der Waals surface area contributed by atoms with Crippen molar-refractivity contribution in [3.63, 3.8) is 0 Å². The van der Waals surface area contributed by atoms with E-state index in [2.05, 4.69) is 16.4 Å². The van der Waals surface area contributed by atoms with E-state index in [-0.39, 0.29) is 47.5 Å². The smallest absolute Gasteiger partial charge is 0.420 e. The average molecular weight is 601 g/mol. The molecule has 3 N–H and O–H groups in total. The molecule has 226 valence electrons. The number of rotatable bonds is 6. The van der Waals surface area contributed by atoms with E-state index in [1.807, 2.05) is 12.3 Å². The molecule has 1 saturated heterocycles. The molecule has 1 aliphatic carbocycles. The average Bonchev–Trinajstić information content (AvgIpc) is 3.74. The van der Waals surface area contributed by atoms with Crippen molar-refractivity contribution < 1.29 is 36.0 Å². The quantitative estimate of drug-likeness (QED) is 0.188. The highest BCUT2D eigenvalue weighted by Gasteiger charge is 2.36. The molecule has 12 heteroatoms. The second kappa shape index (κ2) is 12.0. The molecule has 3 heterocycles. The SMILES string of the molecule is Nc1ccc(C2CC2)cn1.O=CNCc1cc2cc(-c3ccc(C(=O)N4CCC(F)(F)CC4)cc3)cc(C(F)(F)F)c2o1. The number of furan rings is 1. The number of likely N-dealkylation sites (tertiary alicyclic amines) is 1. The Morgan fingerprint density at radius 3 is 2.33 bits per heavy atom. The van der Waals surface area contributed by atoms with E-state index in [0.717, 1.165) is 12.0 Å². The van der Waals surface area contributed by atoms with Gasteiger partial charge in [0.15, 0.2) is 0 Å². The maximum atomic E-state index is 13.7. The van der Waals surface area contributed by atoms with Gasteiger partial charge in [0.25, 0.3) is 11.8 Å². The Morgan fingerprint density at radius 2 is 1.74 bits per heavy atom. The highest BCUT2D eigenvalue weighted by molar-refractivity contribution is 5.95. The fourth-order valence-corrected chi connectivity index (χ4v) is 4.91. The molecule has 0 spiro atoms. The molecule has 1 aliphatic heterocycles. The van der Waals surface area contributed by atoms with Crippen LogP contribution in [0.2, 0.25) is 0 Å². The monoisotopic (exact) mass is 600 g/mol. The third-order valence-corrected chi connectivity index (χ3v) is 7.44. The molecule has 2 fully saturated rings. The van der Waals surface area contributed by atoms with Gasteiger partial charge in [-0.3, -0.25) is 9.59 Å². The van der Waals surface area contributed by atoms with E-state index in [9.17, 15) is 31.5 Å². The van der Waals surface area contributed by atoms with Crippen LogP contribution in [0.4, 0.5) is 27.8 Å². The summed E-state index contributed by atoms with van der Waals surface area (Å²) in [5.74, 6) is -1.60. The number of halogens is 5. The van der Waals surface area contributed by atoms with Crippen molar-refractivity contribution in [2.75, 3.05) is 18.8 Å². The molecular weight excluding hydrogens is 571 g/mol. The zero-order valence-corrected chi connectivity index (χ0v) is 23.0. The van der Waals surface area contributed by atoms with Gasteiger partial charge in [-0.05, 0) is 71.8 Å². The van der Waals surface area contributed by atoms with Crippen molar-refractivity contribution in [2.24, 2.45) is 0 Å². The summed E-state index contributed by atoms with van der Waals surface area (Å²) < 4.78 is 73.0. The van der Waals surface area contributed by atoms with E-state index in [0.29, 0.717) is 17.8 Å². The molecule has 0 atom stereocenters. The standard InChI is InChI=1S/C23H19F5N2O3.C8H10N2/c24-22(25)5-7-30(8-6-22)21(32)15-3-1-14(2-4-15)16-9-17-10-18(12-29-13-31)33-20(17)19(11-16)23(26,27)28;9-8-4-3-7(5-10-8)6-1-2-6/h1-4,9-11,13H,5-8,12H2,(H,29,31);3-6H,1-2H2,(H2,9,10). The first-order valence-electron chi connectivity index (χ1n) is 13.7. The van der Waals surface area contributed by atoms with Crippen molar-refractivity contribution >= 4 is 29.1 Å². The zero-order chi connectivity index (χ0) is 30.8. The van der Waals surface area contributed by atoms with Crippen LogP contribution in [0.5, 0.6) is 0 Å². The minimum Gasteiger partial charge on any atom is -0.459 e. The number of pyridine rings is 1. The largest absolute Gasteiger partial charge is 0.459 e. The first-order chi connectivity index (χ1) is 20.4. The Kier molecular flexibility index (Phi) is 8.38.